The molecule has 0 aromatic carbocycles. The van der Waals surface area contributed by atoms with Crippen molar-refractivity contribution < 1.29 is 17.9 Å². The molecule has 7 nitrogen and oxygen atoms in total. The summed E-state index contributed by atoms with van der Waals surface area (Å²) in [5, 5.41) is 6.15. The van der Waals surface area contributed by atoms with E-state index in [1.807, 2.05) is 0 Å². The van der Waals surface area contributed by atoms with Crippen LogP contribution >= 0.6 is 0 Å². The molecule has 0 aliphatic carbocycles. The van der Waals surface area contributed by atoms with Gasteiger partial charge >= 0.3 is 0 Å². The number of hydrogen-bond acceptors (Lipinski definition) is 5. The molecule has 1 heterocycles. The number of carbonyl (C=O) groups is 1. The third kappa shape index (κ3) is 5.90. The molecule has 1 rings (SSSR count). The molecule has 0 bridgehead atoms. The normalized spacial score (nSPS) is 19.2. The highest BCUT2D eigenvalue weighted by Crippen LogP contribution is 2.28. The van der Waals surface area contributed by atoms with Crippen molar-refractivity contribution in [3.8, 4) is 0 Å². The molecule has 8 heteroatoms. The Balaban J connectivity index is 2.64. The molecule has 0 aromatic heterocycles. The van der Waals surface area contributed by atoms with E-state index >= 15 is 0 Å². The van der Waals surface area contributed by atoms with Gasteiger partial charge in [0.25, 0.3) is 0 Å². The van der Waals surface area contributed by atoms with Crippen molar-refractivity contribution in [3.63, 3.8) is 0 Å². The monoisotopic (exact) mass is 321 g/mol. The number of hydrogen-bond donors (Lipinski definition) is 3. The lowest BCUT2D eigenvalue weighted by Crippen LogP contribution is -2.57. The van der Waals surface area contributed by atoms with Crippen molar-refractivity contribution in [2.45, 2.75) is 32.2 Å². The molecule has 1 saturated heterocycles. The van der Waals surface area contributed by atoms with Gasteiger partial charge in [0.05, 0.1) is 12.9 Å². The molecule has 0 saturated carbocycles. The second-order valence-electron chi connectivity index (χ2n) is 6.36. The van der Waals surface area contributed by atoms with Crippen LogP contribution in [-0.2, 0) is 19.6 Å². The zero-order chi connectivity index (χ0) is 16.1. The Morgan fingerprint density at radius 1 is 1.33 bits per heavy atom. The van der Waals surface area contributed by atoms with Crippen molar-refractivity contribution in [1.29, 1.82) is 0 Å². The fourth-order valence-electron chi connectivity index (χ4n) is 2.63. The van der Waals surface area contributed by atoms with Gasteiger partial charge in [-0.1, -0.05) is 0 Å². The molecule has 1 fully saturated rings. The Morgan fingerprint density at radius 2 is 1.90 bits per heavy atom. The van der Waals surface area contributed by atoms with E-state index in [-0.39, 0.29) is 11.3 Å². The largest absolute Gasteiger partial charge is 0.384 e. The SMILES string of the molecule is COCC1(CNC(=O)C(C)(C)NS(C)(=O)=O)CCNCC1. The van der Waals surface area contributed by atoms with Crippen LogP contribution in [0.2, 0.25) is 0 Å². The van der Waals surface area contributed by atoms with Crippen molar-refractivity contribution in [1.82, 2.24) is 15.4 Å². The summed E-state index contributed by atoms with van der Waals surface area (Å²) in [6, 6.07) is 0. The van der Waals surface area contributed by atoms with Gasteiger partial charge in [0.1, 0.15) is 5.54 Å². The van der Waals surface area contributed by atoms with E-state index in [4.69, 9.17) is 4.74 Å². The Kier molecular flexibility index (Phi) is 6.15. The first-order chi connectivity index (χ1) is 9.60. The molecule has 0 aromatic rings. The minimum Gasteiger partial charge on any atom is -0.384 e. The topological polar surface area (TPSA) is 96.5 Å². The second kappa shape index (κ2) is 7.04. The number of amides is 1. The summed E-state index contributed by atoms with van der Waals surface area (Å²) >= 11 is 0. The third-order valence-corrected chi connectivity index (χ3v) is 4.63. The van der Waals surface area contributed by atoms with Gasteiger partial charge in [-0.3, -0.25) is 4.79 Å². The quantitative estimate of drug-likeness (QED) is 0.584. The van der Waals surface area contributed by atoms with Gasteiger partial charge in [0.15, 0.2) is 0 Å². The molecule has 0 radical (unpaired) electrons. The fourth-order valence-corrected chi connectivity index (χ4v) is 3.65. The third-order valence-electron chi connectivity index (χ3n) is 3.75. The van der Waals surface area contributed by atoms with Gasteiger partial charge in [-0.2, -0.15) is 0 Å². The summed E-state index contributed by atoms with van der Waals surface area (Å²) in [4.78, 5) is 12.2. The molecule has 0 spiro atoms. The molecular formula is C13H27N3O4S. The van der Waals surface area contributed by atoms with Crippen molar-refractivity contribution >= 4 is 15.9 Å². The highest BCUT2D eigenvalue weighted by molar-refractivity contribution is 7.88. The maximum Gasteiger partial charge on any atom is 0.240 e. The predicted molar refractivity (Wildman–Crippen MR) is 81.5 cm³/mol. The number of sulfonamides is 1. The number of piperidine rings is 1. The number of rotatable bonds is 7. The summed E-state index contributed by atoms with van der Waals surface area (Å²) in [7, 11) is -1.79. The zero-order valence-corrected chi connectivity index (χ0v) is 14.1. The average Bonchev–Trinajstić information content (AvgIpc) is 2.34. The van der Waals surface area contributed by atoms with Crippen molar-refractivity contribution in [2.75, 3.05) is 39.6 Å². The van der Waals surface area contributed by atoms with Crippen LogP contribution < -0.4 is 15.4 Å². The van der Waals surface area contributed by atoms with Crippen LogP contribution in [0, 0.1) is 5.41 Å². The molecule has 0 atom stereocenters. The van der Waals surface area contributed by atoms with E-state index in [0.717, 1.165) is 32.2 Å². The minimum absolute atomic E-state index is 0.0865. The molecule has 21 heavy (non-hydrogen) atoms. The summed E-state index contributed by atoms with van der Waals surface area (Å²) in [6.45, 7) is 5.95. The minimum atomic E-state index is -3.44. The van der Waals surface area contributed by atoms with Gasteiger partial charge in [0, 0.05) is 19.1 Å². The van der Waals surface area contributed by atoms with E-state index in [9.17, 15) is 13.2 Å². The lowest BCUT2D eigenvalue weighted by Gasteiger charge is -2.38. The molecule has 3 N–H and O–H groups in total. The van der Waals surface area contributed by atoms with Gasteiger partial charge in [0.2, 0.25) is 15.9 Å². The maximum absolute atomic E-state index is 12.2. The molecule has 1 aliphatic rings. The highest BCUT2D eigenvalue weighted by Gasteiger charge is 2.36. The van der Waals surface area contributed by atoms with E-state index in [2.05, 4.69) is 15.4 Å². The number of carbonyl (C=O) groups excluding carboxylic acids is 1. The molecule has 1 amide bonds. The van der Waals surface area contributed by atoms with Crippen LogP contribution in [0.4, 0.5) is 0 Å². The van der Waals surface area contributed by atoms with E-state index in [0.29, 0.717) is 13.2 Å². The lowest BCUT2D eigenvalue weighted by molar-refractivity contribution is -0.126. The van der Waals surface area contributed by atoms with E-state index in [1.165, 1.54) is 0 Å². The van der Waals surface area contributed by atoms with Crippen LogP contribution in [0.15, 0.2) is 0 Å². The smallest absolute Gasteiger partial charge is 0.240 e. The summed E-state index contributed by atoms with van der Waals surface area (Å²) in [5.41, 5.74) is -1.26. The van der Waals surface area contributed by atoms with Crippen LogP contribution in [-0.4, -0.2) is 59.5 Å². The summed E-state index contributed by atoms with van der Waals surface area (Å²) in [6.07, 6.45) is 2.88. The van der Waals surface area contributed by atoms with E-state index in [1.54, 1.807) is 21.0 Å². The number of methoxy groups -OCH3 is 1. The Morgan fingerprint density at radius 3 is 2.38 bits per heavy atom. The van der Waals surface area contributed by atoms with Gasteiger partial charge in [-0.15, -0.1) is 0 Å². The lowest BCUT2D eigenvalue weighted by atomic mass is 9.79. The molecule has 0 unspecified atom stereocenters. The van der Waals surface area contributed by atoms with Gasteiger partial charge in [-0.25, -0.2) is 13.1 Å². The zero-order valence-electron chi connectivity index (χ0n) is 13.3. The Hall–Kier alpha value is -0.700. The van der Waals surface area contributed by atoms with Gasteiger partial charge in [-0.05, 0) is 39.8 Å². The van der Waals surface area contributed by atoms with Gasteiger partial charge < -0.3 is 15.4 Å². The number of nitrogens with one attached hydrogen (secondary N) is 3. The summed E-state index contributed by atoms with van der Waals surface area (Å²) in [5.74, 6) is -0.332. The second-order valence-corrected chi connectivity index (χ2v) is 8.11. The van der Waals surface area contributed by atoms with Crippen LogP contribution in [0.1, 0.15) is 26.7 Å². The first kappa shape index (κ1) is 18.3. The van der Waals surface area contributed by atoms with Crippen LogP contribution in [0.25, 0.3) is 0 Å². The number of ether oxygens (including phenoxy) is 1. The van der Waals surface area contributed by atoms with Crippen LogP contribution in [0.5, 0.6) is 0 Å². The summed E-state index contributed by atoms with van der Waals surface area (Å²) < 4.78 is 30.2. The maximum atomic E-state index is 12.2. The predicted octanol–water partition coefficient (Wildman–Crippen LogP) is -0.553. The first-order valence-corrected chi connectivity index (χ1v) is 8.96. The van der Waals surface area contributed by atoms with Crippen molar-refractivity contribution in [3.05, 3.63) is 0 Å². The molecular weight excluding hydrogens is 294 g/mol. The Bertz CT molecular complexity index is 451. The highest BCUT2D eigenvalue weighted by atomic mass is 32.2. The fraction of sp³-hybridized carbons (Fsp3) is 0.923. The average molecular weight is 321 g/mol. The standard InChI is InChI=1S/C13H27N3O4S/c1-12(2,16-21(4,18)19)11(17)15-9-13(10-20-3)5-7-14-8-6-13/h14,16H,5-10H2,1-4H3,(H,15,17). The Labute approximate surface area is 127 Å². The van der Waals surface area contributed by atoms with Crippen molar-refractivity contribution in [2.24, 2.45) is 5.41 Å². The molecule has 124 valence electrons. The first-order valence-electron chi connectivity index (χ1n) is 7.07. The van der Waals surface area contributed by atoms with E-state index < -0.39 is 15.6 Å². The molecule has 1 aliphatic heterocycles. The van der Waals surface area contributed by atoms with Crippen LogP contribution in [0.3, 0.4) is 0 Å².